The smallest absolute Gasteiger partial charge is 0.253 e. The molecule has 2 heterocycles. The summed E-state index contributed by atoms with van der Waals surface area (Å²) in [5, 5.41) is 1.08. The van der Waals surface area contributed by atoms with Crippen LogP contribution in [0.15, 0.2) is 35.5 Å². The van der Waals surface area contributed by atoms with Crippen molar-refractivity contribution in [3.63, 3.8) is 0 Å². The molecule has 0 radical (unpaired) electrons. The van der Waals surface area contributed by atoms with Crippen molar-refractivity contribution < 1.29 is 9.59 Å². The summed E-state index contributed by atoms with van der Waals surface area (Å²) in [7, 11) is 2.09. The van der Waals surface area contributed by atoms with Gasteiger partial charge in [-0.15, -0.1) is 0 Å². The minimum absolute atomic E-state index is 0.00910. The molecular weight excluding hydrogens is 470 g/mol. The van der Waals surface area contributed by atoms with Crippen molar-refractivity contribution in [3.05, 3.63) is 46.6 Å². The van der Waals surface area contributed by atoms with Gasteiger partial charge < -0.3 is 15.5 Å². The Morgan fingerprint density at radius 3 is 2.56 bits per heavy atom. The molecule has 1 saturated carbocycles. The van der Waals surface area contributed by atoms with Gasteiger partial charge >= 0.3 is 0 Å². The molecule has 1 aliphatic heterocycles. The summed E-state index contributed by atoms with van der Waals surface area (Å²) in [6, 6.07) is 10.00. The Bertz CT molecular complexity index is 1020. The first kappa shape index (κ1) is 24.8. The van der Waals surface area contributed by atoms with Crippen LogP contribution in [0.5, 0.6) is 0 Å². The van der Waals surface area contributed by atoms with Crippen LogP contribution in [0.4, 0.5) is 5.82 Å². The zero-order valence-electron chi connectivity index (χ0n) is 19.6. The van der Waals surface area contributed by atoms with E-state index in [-0.39, 0.29) is 17.7 Å². The van der Waals surface area contributed by atoms with E-state index < -0.39 is 0 Å². The van der Waals surface area contributed by atoms with Crippen LogP contribution >= 0.6 is 23.4 Å². The summed E-state index contributed by atoms with van der Waals surface area (Å²) in [4.78, 5) is 37.6. The van der Waals surface area contributed by atoms with E-state index >= 15 is 0 Å². The molecule has 2 amide bonds. The number of thioether (sulfide) groups is 1. The molecule has 2 N–H and O–H groups in total. The monoisotopic (exact) mass is 501 g/mol. The Morgan fingerprint density at radius 2 is 1.85 bits per heavy atom. The van der Waals surface area contributed by atoms with Crippen LogP contribution in [0.2, 0.25) is 5.15 Å². The number of piperidine rings is 1. The van der Waals surface area contributed by atoms with Crippen molar-refractivity contribution in [2.75, 3.05) is 25.0 Å². The highest BCUT2D eigenvalue weighted by Crippen LogP contribution is 2.29. The highest BCUT2D eigenvalue weighted by atomic mass is 35.5. The maximum absolute atomic E-state index is 13.0. The van der Waals surface area contributed by atoms with Gasteiger partial charge in [-0.25, -0.2) is 9.97 Å². The van der Waals surface area contributed by atoms with E-state index in [2.05, 4.69) is 16.9 Å². The quantitative estimate of drug-likeness (QED) is 0.340. The topological polar surface area (TPSA) is 92.4 Å². The van der Waals surface area contributed by atoms with E-state index in [0.717, 1.165) is 11.4 Å². The zero-order chi connectivity index (χ0) is 24.1. The number of primary amides is 1. The molecule has 1 saturated heterocycles. The van der Waals surface area contributed by atoms with E-state index in [4.69, 9.17) is 22.3 Å². The van der Waals surface area contributed by atoms with Crippen molar-refractivity contribution in [1.29, 1.82) is 0 Å². The summed E-state index contributed by atoms with van der Waals surface area (Å²) < 4.78 is 0. The van der Waals surface area contributed by atoms with Crippen molar-refractivity contribution in [1.82, 2.24) is 14.9 Å². The standard InChI is InChI=1S/C25H32ClN5O2S/c1-30(20-8-3-2-4-9-20)22-15-21(26)28-25(29-22)34-16-17-6-5-7-19(14-17)24(33)31-12-10-18(11-13-31)23(27)32/h5-7,14-15,18,20H,2-4,8-13,16H2,1H3,(H2,27,32). The second kappa shape index (κ2) is 11.4. The highest BCUT2D eigenvalue weighted by Gasteiger charge is 2.26. The number of halogens is 1. The molecule has 0 atom stereocenters. The SMILES string of the molecule is CN(c1cc(Cl)nc(SCc2cccc(C(=O)N3CCC(C(N)=O)CC3)c2)n1)C1CCCCC1. The maximum atomic E-state index is 13.0. The summed E-state index contributed by atoms with van der Waals surface area (Å²) in [6.45, 7) is 1.11. The van der Waals surface area contributed by atoms with Crippen LogP contribution < -0.4 is 10.6 Å². The lowest BCUT2D eigenvalue weighted by Gasteiger charge is -2.32. The van der Waals surface area contributed by atoms with Crippen molar-refractivity contribution in [3.8, 4) is 0 Å². The first-order chi connectivity index (χ1) is 16.4. The lowest BCUT2D eigenvalue weighted by atomic mass is 9.94. The number of hydrogen-bond donors (Lipinski definition) is 1. The lowest BCUT2D eigenvalue weighted by molar-refractivity contribution is -0.123. The normalized spacial score (nSPS) is 17.5. The number of carbonyl (C=O) groups is 2. The predicted molar refractivity (Wildman–Crippen MR) is 136 cm³/mol. The fourth-order valence-electron chi connectivity index (χ4n) is 4.78. The number of anilines is 1. The Labute approximate surface area is 210 Å². The van der Waals surface area contributed by atoms with Crippen molar-refractivity contribution in [2.24, 2.45) is 11.7 Å². The molecule has 9 heteroatoms. The number of rotatable bonds is 7. The molecule has 0 bridgehead atoms. The summed E-state index contributed by atoms with van der Waals surface area (Å²) in [5.41, 5.74) is 7.08. The summed E-state index contributed by atoms with van der Waals surface area (Å²) in [5.74, 6) is 1.08. The molecule has 2 aliphatic rings. The summed E-state index contributed by atoms with van der Waals surface area (Å²) >= 11 is 7.84. The molecule has 0 unspecified atom stereocenters. The average Bonchev–Trinajstić information content (AvgIpc) is 2.87. The molecular formula is C25H32ClN5O2S. The van der Waals surface area contributed by atoms with E-state index in [0.29, 0.717) is 53.6 Å². The number of nitrogens with zero attached hydrogens (tertiary/aromatic N) is 4. The Hall–Kier alpha value is -2.32. The molecule has 1 aliphatic carbocycles. The molecule has 0 spiro atoms. The molecule has 34 heavy (non-hydrogen) atoms. The molecule has 2 fully saturated rings. The van der Waals surface area contributed by atoms with Gasteiger partial charge in [0.2, 0.25) is 5.91 Å². The Kier molecular flexibility index (Phi) is 8.32. The Balaban J connectivity index is 1.38. The number of nitrogens with two attached hydrogens (primary N) is 1. The van der Waals surface area contributed by atoms with Crippen LogP contribution in [-0.4, -0.2) is 52.9 Å². The van der Waals surface area contributed by atoms with E-state index in [1.807, 2.05) is 30.3 Å². The van der Waals surface area contributed by atoms with Crippen molar-refractivity contribution >= 4 is 41.0 Å². The number of likely N-dealkylation sites (tertiary alicyclic amines) is 1. The molecule has 1 aromatic carbocycles. The van der Waals surface area contributed by atoms with E-state index in [1.54, 1.807) is 4.90 Å². The number of carbonyl (C=O) groups excluding carboxylic acids is 2. The van der Waals surface area contributed by atoms with Crippen LogP contribution in [0.3, 0.4) is 0 Å². The number of amides is 2. The molecule has 4 rings (SSSR count). The van der Waals surface area contributed by atoms with E-state index in [1.165, 1.54) is 43.9 Å². The van der Waals surface area contributed by atoms with Gasteiger partial charge in [-0.3, -0.25) is 9.59 Å². The molecule has 1 aromatic heterocycles. The number of aromatic nitrogens is 2. The minimum atomic E-state index is -0.276. The number of hydrogen-bond acceptors (Lipinski definition) is 6. The van der Waals surface area contributed by atoms with Gasteiger partial charge in [0.05, 0.1) is 0 Å². The third-order valence-corrected chi connectivity index (χ3v) is 7.98. The third-order valence-electron chi connectivity index (χ3n) is 6.87. The highest BCUT2D eigenvalue weighted by molar-refractivity contribution is 7.98. The van der Waals surface area contributed by atoms with Gasteiger partial charge in [-0.05, 0) is 43.4 Å². The second-order valence-electron chi connectivity index (χ2n) is 9.19. The fraction of sp³-hybridized carbons (Fsp3) is 0.520. The van der Waals surface area contributed by atoms with Gasteiger partial charge in [0.25, 0.3) is 5.91 Å². The van der Waals surface area contributed by atoms with Gasteiger partial charge in [-0.2, -0.15) is 0 Å². The number of benzene rings is 1. The van der Waals surface area contributed by atoms with Crippen LogP contribution in [0, 0.1) is 5.92 Å². The zero-order valence-corrected chi connectivity index (χ0v) is 21.2. The first-order valence-electron chi connectivity index (χ1n) is 12.0. The first-order valence-corrected chi connectivity index (χ1v) is 13.3. The molecule has 7 nitrogen and oxygen atoms in total. The van der Waals surface area contributed by atoms with Crippen molar-refractivity contribution in [2.45, 2.75) is 61.9 Å². The average molecular weight is 502 g/mol. The minimum Gasteiger partial charge on any atom is -0.369 e. The molecule has 2 aromatic rings. The van der Waals surface area contributed by atoms with Gasteiger partial charge in [-0.1, -0.05) is 54.8 Å². The largest absolute Gasteiger partial charge is 0.369 e. The molecule has 182 valence electrons. The van der Waals surface area contributed by atoms with Crippen LogP contribution in [0.1, 0.15) is 60.9 Å². The van der Waals surface area contributed by atoms with E-state index in [9.17, 15) is 9.59 Å². The fourth-order valence-corrected chi connectivity index (χ4v) is 5.80. The van der Waals surface area contributed by atoms with Gasteiger partial charge in [0.1, 0.15) is 11.0 Å². The van der Waals surface area contributed by atoms with Gasteiger partial charge in [0, 0.05) is 49.5 Å². The maximum Gasteiger partial charge on any atom is 0.253 e. The lowest BCUT2D eigenvalue weighted by Crippen LogP contribution is -2.41. The van der Waals surface area contributed by atoms with Crippen LogP contribution in [-0.2, 0) is 10.5 Å². The van der Waals surface area contributed by atoms with Crippen LogP contribution in [0.25, 0.3) is 0 Å². The summed E-state index contributed by atoms with van der Waals surface area (Å²) in [6.07, 6.45) is 7.44. The van der Waals surface area contributed by atoms with Gasteiger partial charge in [0.15, 0.2) is 5.16 Å². The second-order valence-corrected chi connectivity index (χ2v) is 10.5. The Morgan fingerprint density at radius 1 is 1.12 bits per heavy atom. The third kappa shape index (κ3) is 6.21. The predicted octanol–water partition coefficient (Wildman–Crippen LogP) is 4.53.